The number of fused-ring (bicyclic) bond motifs is 1. The van der Waals surface area contributed by atoms with Gasteiger partial charge in [-0.1, -0.05) is 55.0 Å². The van der Waals surface area contributed by atoms with Crippen molar-refractivity contribution in [2.24, 2.45) is 17.8 Å². The fraction of sp³-hybridized carbons (Fsp3) is 0.351. The molecule has 44 heavy (non-hydrogen) atoms. The van der Waals surface area contributed by atoms with Gasteiger partial charge in [0.05, 0.1) is 30.2 Å². The van der Waals surface area contributed by atoms with Crippen molar-refractivity contribution < 1.29 is 29.6 Å². The van der Waals surface area contributed by atoms with Gasteiger partial charge in [0.1, 0.15) is 18.1 Å². The molecule has 2 amide bonds. The van der Waals surface area contributed by atoms with E-state index >= 15 is 0 Å². The summed E-state index contributed by atoms with van der Waals surface area (Å²) in [5.74, 6) is -1.79. The van der Waals surface area contributed by atoms with Gasteiger partial charge in [-0.25, -0.2) is 0 Å². The maximum absolute atomic E-state index is 13.8. The van der Waals surface area contributed by atoms with Crippen LogP contribution in [0.5, 0.6) is 11.5 Å². The van der Waals surface area contributed by atoms with E-state index < -0.39 is 23.9 Å². The number of aliphatic hydroxyl groups is 2. The minimum Gasteiger partial charge on any atom is -0.507 e. The van der Waals surface area contributed by atoms with Crippen LogP contribution in [0.1, 0.15) is 49.3 Å². The van der Waals surface area contributed by atoms with E-state index in [0.717, 1.165) is 34.3 Å². The quantitative estimate of drug-likeness (QED) is 0.182. The van der Waals surface area contributed by atoms with Crippen molar-refractivity contribution in [3.63, 3.8) is 0 Å². The number of aromatic hydroxyl groups is 1. The third kappa shape index (κ3) is 6.35. The maximum Gasteiger partial charge on any atom is 0.238 e. The van der Waals surface area contributed by atoms with Gasteiger partial charge in [0, 0.05) is 5.92 Å². The molecule has 3 N–H and O–H groups in total. The summed E-state index contributed by atoms with van der Waals surface area (Å²) in [6.45, 7) is 5.59. The van der Waals surface area contributed by atoms with Gasteiger partial charge >= 0.3 is 0 Å². The molecule has 3 aromatic carbocycles. The van der Waals surface area contributed by atoms with Crippen LogP contribution in [0.25, 0.3) is 6.08 Å². The molecule has 1 heterocycles. The molecular weight excluding hydrogens is 554 g/mol. The fourth-order valence-corrected chi connectivity index (χ4v) is 6.75. The number of anilines is 1. The van der Waals surface area contributed by atoms with Gasteiger partial charge in [-0.2, -0.15) is 0 Å². The molecule has 1 aliphatic carbocycles. The maximum atomic E-state index is 13.8. The monoisotopic (exact) mass is 595 g/mol. The summed E-state index contributed by atoms with van der Waals surface area (Å²) in [5.41, 5.74) is 5.61. The van der Waals surface area contributed by atoms with Crippen molar-refractivity contribution in [3.05, 3.63) is 106 Å². The Kier molecular flexibility index (Phi) is 9.67. The Labute approximate surface area is 259 Å². The summed E-state index contributed by atoms with van der Waals surface area (Å²) < 4.78 is 6.11. The summed E-state index contributed by atoms with van der Waals surface area (Å²) in [6.07, 6.45) is 3.20. The van der Waals surface area contributed by atoms with E-state index in [9.17, 15) is 24.9 Å². The topological polar surface area (TPSA) is 107 Å². The Morgan fingerprint density at radius 1 is 1.00 bits per heavy atom. The minimum atomic E-state index is -0.936. The normalized spacial score (nSPS) is 21.1. The Hall–Kier alpha value is -4.20. The Bertz CT molecular complexity index is 1540. The first-order chi connectivity index (χ1) is 21.2. The van der Waals surface area contributed by atoms with E-state index in [1.165, 1.54) is 4.90 Å². The number of para-hydroxylation sites is 2. The minimum absolute atomic E-state index is 0.144. The summed E-state index contributed by atoms with van der Waals surface area (Å²) in [4.78, 5) is 28.7. The van der Waals surface area contributed by atoms with Crippen LogP contribution in [0.4, 0.5) is 5.69 Å². The lowest BCUT2D eigenvalue weighted by Gasteiger charge is -2.36. The number of carbonyl (C=O) groups excluding carboxylic acids is 2. The first kappa shape index (κ1) is 31.2. The number of aryl methyl sites for hydroxylation is 2. The number of ether oxygens (including phenoxy) is 1. The summed E-state index contributed by atoms with van der Waals surface area (Å²) in [5, 5.41) is 32.6. The van der Waals surface area contributed by atoms with Crippen LogP contribution < -0.4 is 9.64 Å². The highest BCUT2D eigenvalue weighted by Gasteiger charge is 2.55. The van der Waals surface area contributed by atoms with Crippen LogP contribution in [0.15, 0.2) is 89.5 Å². The van der Waals surface area contributed by atoms with E-state index in [1.54, 1.807) is 24.3 Å². The molecule has 0 saturated carbocycles. The number of phenols is 1. The average molecular weight is 596 g/mol. The van der Waals surface area contributed by atoms with Crippen molar-refractivity contribution in [2.75, 3.05) is 18.1 Å². The van der Waals surface area contributed by atoms with Gasteiger partial charge in [-0.15, -0.1) is 0 Å². The fourth-order valence-electron chi connectivity index (χ4n) is 6.75. The molecular formula is C37H41NO6. The molecule has 0 unspecified atom stereocenters. The molecule has 1 aliphatic heterocycles. The molecule has 1 saturated heterocycles. The third-order valence-corrected chi connectivity index (χ3v) is 8.99. The van der Waals surface area contributed by atoms with Crippen molar-refractivity contribution >= 4 is 23.6 Å². The number of carbonyl (C=O) groups is 2. The predicted octanol–water partition coefficient (Wildman–Crippen LogP) is 6.14. The summed E-state index contributed by atoms with van der Waals surface area (Å²) >= 11 is 0. The Morgan fingerprint density at radius 2 is 1.64 bits per heavy atom. The first-order valence-electron chi connectivity index (χ1n) is 15.3. The average Bonchev–Trinajstić information content (AvgIpc) is 3.29. The standard InChI is InChI=1S/C37H41NO6/c1-4-25(19-26-17-23(2)35(41)24(3)18-26)15-16-32(40)33-27(22-44-29-13-9-6-10-14-29)20-30-34(31(33)21-39)37(43)38(36(30)42)28-11-7-5-8-12-28/h5-14,17-19,30-32,34,39-41H,4,15-16,20-22H2,1-3H3/b25-19+/t30-,31+,32-,34-/m1/s1. The highest BCUT2D eigenvalue weighted by atomic mass is 16.5. The van der Waals surface area contributed by atoms with Crippen LogP contribution >= 0.6 is 0 Å². The van der Waals surface area contributed by atoms with Crippen LogP contribution in [-0.4, -0.2) is 46.5 Å². The second-order valence-electron chi connectivity index (χ2n) is 11.8. The van der Waals surface area contributed by atoms with E-state index in [-0.39, 0.29) is 31.4 Å². The highest BCUT2D eigenvalue weighted by Crippen LogP contribution is 2.47. The van der Waals surface area contributed by atoms with Crippen LogP contribution in [0.3, 0.4) is 0 Å². The molecule has 0 bridgehead atoms. The smallest absolute Gasteiger partial charge is 0.238 e. The summed E-state index contributed by atoms with van der Waals surface area (Å²) in [7, 11) is 0. The number of amides is 2. The van der Waals surface area contributed by atoms with Crippen molar-refractivity contribution in [3.8, 4) is 11.5 Å². The van der Waals surface area contributed by atoms with Gasteiger partial charge in [0.15, 0.2) is 0 Å². The largest absolute Gasteiger partial charge is 0.507 e. The van der Waals surface area contributed by atoms with Gasteiger partial charge in [0.2, 0.25) is 11.8 Å². The van der Waals surface area contributed by atoms with E-state index in [0.29, 0.717) is 35.6 Å². The number of aliphatic hydroxyl groups excluding tert-OH is 2. The third-order valence-electron chi connectivity index (χ3n) is 8.99. The van der Waals surface area contributed by atoms with Crippen LogP contribution in [-0.2, 0) is 9.59 Å². The molecule has 0 aromatic heterocycles. The zero-order valence-corrected chi connectivity index (χ0v) is 25.6. The SMILES string of the molecule is CC/C(=C\c1cc(C)c(O)c(C)c1)CC[C@@H](O)C1=C(COc2ccccc2)C[C@H]2C(=O)N(c3ccccc3)C(=O)[C@H]2[C@H]1CO. The number of rotatable bonds is 11. The van der Waals surface area contributed by atoms with Gasteiger partial charge in [0.25, 0.3) is 0 Å². The Balaban J connectivity index is 1.45. The molecule has 0 spiro atoms. The van der Waals surface area contributed by atoms with Crippen LogP contribution in [0.2, 0.25) is 0 Å². The number of phenolic OH excluding ortho intramolecular Hbond substituents is 1. The predicted molar refractivity (Wildman–Crippen MR) is 171 cm³/mol. The zero-order valence-electron chi connectivity index (χ0n) is 25.6. The molecule has 7 heteroatoms. The molecule has 2 aliphatic rings. The first-order valence-corrected chi connectivity index (χ1v) is 15.3. The lowest BCUT2D eigenvalue weighted by molar-refractivity contribution is -0.123. The molecule has 0 radical (unpaired) electrons. The van der Waals surface area contributed by atoms with E-state index in [1.807, 2.05) is 62.4 Å². The van der Waals surface area contributed by atoms with E-state index in [2.05, 4.69) is 13.0 Å². The molecule has 5 rings (SSSR count). The van der Waals surface area contributed by atoms with Gasteiger partial charge < -0.3 is 20.1 Å². The lowest BCUT2D eigenvalue weighted by atomic mass is 9.68. The van der Waals surface area contributed by atoms with Crippen molar-refractivity contribution in [2.45, 2.75) is 52.6 Å². The Morgan fingerprint density at radius 3 is 2.25 bits per heavy atom. The lowest BCUT2D eigenvalue weighted by Crippen LogP contribution is -2.40. The second kappa shape index (κ2) is 13.6. The molecule has 3 aromatic rings. The highest BCUT2D eigenvalue weighted by molar-refractivity contribution is 6.22. The molecule has 4 atom stereocenters. The van der Waals surface area contributed by atoms with E-state index in [4.69, 9.17) is 4.74 Å². The molecule has 7 nitrogen and oxygen atoms in total. The van der Waals surface area contributed by atoms with Crippen LogP contribution in [0, 0.1) is 31.6 Å². The number of benzene rings is 3. The number of hydrogen-bond donors (Lipinski definition) is 3. The van der Waals surface area contributed by atoms with Gasteiger partial charge in [-0.3, -0.25) is 14.5 Å². The number of hydrogen-bond acceptors (Lipinski definition) is 6. The summed E-state index contributed by atoms with van der Waals surface area (Å²) in [6, 6.07) is 22.1. The van der Waals surface area contributed by atoms with Crippen molar-refractivity contribution in [1.82, 2.24) is 0 Å². The molecule has 230 valence electrons. The molecule has 1 fully saturated rings. The number of imide groups is 1. The van der Waals surface area contributed by atoms with Gasteiger partial charge in [-0.05, 0) is 104 Å². The second-order valence-corrected chi connectivity index (χ2v) is 11.8. The van der Waals surface area contributed by atoms with Crippen molar-refractivity contribution in [1.29, 1.82) is 0 Å². The zero-order chi connectivity index (χ0) is 31.4. The number of nitrogens with zero attached hydrogens (tertiary/aromatic N) is 1. The number of allylic oxidation sites excluding steroid dienone is 1.